The molecule has 1 saturated heterocycles. The summed E-state index contributed by atoms with van der Waals surface area (Å²) in [6.07, 6.45) is 6.26. The molecule has 4 unspecified atom stereocenters. The molecule has 2 aromatic carbocycles. The van der Waals surface area contributed by atoms with E-state index in [1.807, 2.05) is 12.2 Å². The molecule has 7 heteroatoms. The lowest BCUT2D eigenvalue weighted by Gasteiger charge is -2.13. The van der Waals surface area contributed by atoms with Crippen molar-refractivity contribution in [2.75, 3.05) is 0 Å². The number of hydrogen-bond acceptors (Lipinski definition) is 5. The Labute approximate surface area is 177 Å². The van der Waals surface area contributed by atoms with Gasteiger partial charge in [0, 0.05) is 10.6 Å². The SMILES string of the molecule is O=C(Oc1ccc(Cl)cc1C=NN1C(=O)C2C3C=CC(C3)C2C1=O)c1ccccc1. The molecule has 1 heterocycles. The van der Waals surface area contributed by atoms with Gasteiger partial charge in [0.05, 0.1) is 23.6 Å². The Hall–Kier alpha value is -3.25. The van der Waals surface area contributed by atoms with Crippen molar-refractivity contribution in [3.05, 3.63) is 76.8 Å². The van der Waals surface area contributed by atoms with Crippen molar-refractivity contribution >= 4 is 35.6 Å². The molecule has 2 aliphatic carbocycles. The molecule has 4 atom stereocenters. The molecule has 0 aromatic heterocycles. The first kappa shape index (κ1) is 18.8. The van der Waals surface area contributed by atoms with Gasteiger partial charge in [-0.3, -0.25) is 9.59 Å². The maximum absolute atomic E-state index is 12.8. The van der Waals surface area contributed by atoms with Gasteiger partial charge in [-0.2, -0.15) is 10.1 Å². The third kappa shape index (κ3) is 3.04. The second kappa shape index (κ2) is 7.22. The van der Waals surface area contributed by atoms with Crippen LogP contribution in [0.4, 0.5) is 0 Å². The Kier molecular flexibility index (Phi) is 4.51. The lowest BCUT2D eigenvalue weighted by atomic mass is 9.85. The van der Waals surface area contributed by atoms with Crippen molar-refractivity contribution in [3.63, 3.8) is 0 Å². The molecule has 2 amide bonds. The van der Waals surface area contributed by atoms with Crippen LogP contribution in [-0.4, -0.2) is 29.0 Å². The molecule has 0 N–H and O–H groups in total. The Balaban J connectivity index is 1.39. The number of imide groups is 1. The van der Waals surface area contributed by atoms with Crippen LogP contribution in [0.1, 0.15) is 22.3 Å². The fourth-order valence-electron chi connectivity index (χ4n) is 4.57. The van der Waals surface area contributed by atoms with Crippen molar-refractivity contribution in [2.45, 2.75) is 6.42 Å². The zero-order valence-electron chi connectivity index (χ0n) is 15.8. The topological polar surface area (TPSA) is 76.0 Å². The van der Waals surface area contributed by atoms with E-state index in [-0.39, 0.29) is 41.2 Å². The minimum atomic E-state index is -0.530. The van der Waals surface area contributed by atoms with Crippen LogP contribution in [0.25, 0.3) is 0 Å². The summed E-state index contributed by atoms with van der Waals surface area (Å²) < 4.78 is 5.49. The second-order valence-electron chi connectivity index (χ2n) is 7.67. The summed E-state index contributed by atoms with van der Waals surface area (Å²) in [6, 6.07) is 13.3. The van der Waals surface area contributed by atoms with Crippen molar-refractivity contribution in [1.29, 1.82) is 0 Å². The summed E-state index contributed by atoms with van der Waals surface area (Å²) in [7, 11) is 0. The van der Waals surface area contributed by atoms with Gasteiger partial charge >= 0.3 is 5.97 Å². The summed E-state index contributed by atoms with van der Waals surface area (Å²) in [5.41, 5.74) is 0.793. The highest BCUT2D eigenvalue weighted by molar-refractivity contribution is 6.31. The van der Waals surface area contributed by atoms with Crippen molar-refractivity contribution < 1.29 is 19.1 Å². The fraction of sp³-hybridized carbons (Fsp3) is 0.217. The number of amides is 2. The minimum absolute atomic E-state index is 0.116. The monoisotopic (exact) mass is 420 g/mol. The third-order valence-electron chi connectivity index (χ3n) is 5.94. The Morgan fingerprint density at radius 2 is 1.70 bits per heavy atom. The lowest BCUT2D eigenvalue weighted by molar-refractivity contribution is -0.140. The first-order chi connectivity index (χ1) is 14.5. The summed E-state index contributed by atoms with van der Waals surface area (Å²) in [5.74, 6) is -1.25. The molecular formula is C23H17ClN2O4. The van der Waals surface area contributed by atoms with E-state index in [4.69, 9.17) is 16.3 Å². The normalized spacial score (nSPS) is 26.6. The highest BCUT2D eigenvalue weighted by Crippen LogP contribution is 2.52. The van der Waals surface area contributed by atoms with E-state index in [1.54, 1.807) is 48.5 Å². The summed E-state index contributed by atoms with van der Waals surface area (Å²) in [4.78, 5) is 37.9. The van der Waals surface area contributed by atoms with Crippen LogP contribution < -0.4 is 4.74 Å². The molecule has 5 rings (SSSR count). The molecule has 1 aliphatic heterocycles. The summed E-state index contributed by atoms with van der Waals surface area (Å²) >= 11 is 6.09. The van der Waals surface area contributed by atoms with Crippen LogP contribution >= 0.6 is 11.6 Å². The fourth-order valence-corrected chi connectivity index (χ4v) is 4.75. The molecule has 0 radical (unpaired) electrons. The van der Waals surface area contributed by atoms with Gasteiger partial charge in [0.2, 0.25) is 0 Å². The minimum Gasteiger partial charge on any atom is -0.422 e. The van der Waals surface area contributed by atoms with Gasteiger partial charge in [-0.05, 0) is 48.6 Å². The van der Waals surface area contributed by atoms with Crippen LogP contribution in [0, 0.1) is 23.7 Å². The van der Waals surface area contributed by atoms with Crippen LogP contribution in [0.3, 0.4) is 0 Å². The van der Waals surface area contributed by atoms with E-state index in [9.17, 15) is 14.4 Å². The largest absolute Gasteiger partial charge is 0.422 e. The van der Waals surface area contributed by atoms with E-state index in [0.717, 1.165) is 11.4 Å². The third-order valence-corrected chi connectivity index (χ3v) is 6.18. The molecule has 2 fully saturated rings. The van der Waals surface area contributed by atoms with Crippen LogP contribution in [0.2, 0.25) is 5.02 Å². The molecule has 3 aliphatic rings. The number of carbonyl (C=O) groups is 3. The van der Waals surface area contributed by atoms with E-state index < -0.39 is 5.97 Å². The Morgan fingerprint density at radius 1 is 1.03 bits per heavy atom. The number of allylic oxidation sites excluding steroid dienone is 2. The van der Waals surface area contributed by atoms with E-state index in [2.05, 4.69) is 5.10 Å². The summed E-state index contributed by atoms with van der Waals surface area (Å²) in [5, 5.41) is 5.51. The number of halogens is 1. The van der Waals surface area contributed by atoms with Gasteiger partial charge in [0.15, 0.2) is 0 Å². The van der Waals surface area contributed by atoms with E-state index >= 15 is 0 Å². The van der Waals surface area contributed by atoms with Crippen LogP contribution in [-0.2, 0) is 9.59 Å². The van der Waals surface area contributed by atoms with Gasteiger partial charge in [0.1, 0.15) is 5.75 Å². The number of nitrogens with zero attached hydrogens (tertiary/aromatic N) is 2. The predicted molar refractivity (Wildman–Crippen MR) is 110 cm³/mol. The molecular weight excluding hydrogens is 404 g/mol. The van der Waals surface area contributed by atoms with E-state index in [0.29, 0.717) is 16.1 Å². The molecule has 2 aromatic rings. The molecule has 30 heavy (non-hydrogen) atoms. The number of benzene rings is 2. The van der Waals surface area contributed by atoms with E-state index in [1.165, 1.54) is 6.21 Å². The van der Waals surface area contributed by atoms with Gasteiger partial charge < -0.3 is 4.74 Å². The zero-order valence-corrected chi connectivity index (χ0v) is 16.5. The Bertz CT molecular complexity index is 1080. The van der Waals surface area contributed by atoms with Crippen molar-refractivity contribution in [1.82, 2.24) is 5.01 Å². The highest BCUT2D eigenvalue weighted by atomic mass is 35.5. The average molecular weight is 421 g/mol. The molecule has 6 nitrogen and oxygen atoms in total. The standard InChI is InChI=1S/C23H17ClN2O4/c24-17-8-9-18(30-23(29)13-4-2-1-3-5-13)16(11-17)12-25-26-21(27)19-14-6-7-15(10-14)20(19)22(26)28/h1-9,11-12,14-15,19-20H,10H2. The smallest absolute Gasteiger partial charge is 0.343 e. The number of hydrogen-bond donors (Lipinski definition) is 0. The van der Waals surface area contributed by atoms with Gasteiger partial charge in [-0.25, -0.2) is 4.79 Å². The van der Waals surface area contributed by atoms with Crippen molar-refractivity contribution in [3.8, 4) is 5.75 Å². The zero-order chi connectivity index (χ0) is 20.8. The number of fused-ring (bicyclic) bond motifs is 5. The number of ether oxygens (including phenoxy) is 1. The maximum Gasteiger partial charge on any atom is 0.343 e. The van der Waals surface area contributed by atoms with Gasteiger partial charge in [-0.1, -0.05) is 42.0 Å². The van der Waals surface area contributed by atoms with Crippen molar-refractivity contribution in [2.24, 2.45) is 28.8 Å². The van der Waals surface area contributed by atoms with Gasteiger partial charge in [0.25, 0.3) is 11.8 Å². The quantitative estimate of drug-likeness (QED) is 0.248. The lowest BCUT2D eigenvalue weighted by Crippen LogP contribution is -2.28. The highest BCUT2D eigenvalue weighted by Gasteiger charge is 2.59. The number of rotatable bonds is 4. The molecule has 1 saturated carbocycles. The number of hydrazone groups is 1. The average Bonchev–Trinajstić information content (AvgIpc) is 3.43. The first-order valence-electron chi connectivity index (χ1n) is 9.70. The second-order valence-corrected chi connectivity index (χ2v) is 8.11. The summed E-state index contributed by atoms with van der Waals surface area (Å²) in [6.45, 7) is 0. The maximum atomic E-state index is 12.8. The molecule has 0 spiro atoms. The Morgan fingerprint density at radius 3 is 2.37 bits per heavy atom. The molecule has 2 bridgehead atoms. The molecule has 150 valence electrons. The predicted octanol–water partition coefficient (Wildman–Crippen LogP) is 3.70. The van der Waals surface area contributed by atoms with Crippen LogP contribution in [0.5, 0.6) is 5.75 Å². The number of esters is 1. The first-order valence-corrected chi connectivity index (χ1v) is 10.1. The number of carbonyl (C=O) groups excluding carboxylic acids is 3. The van der Waals surface area contributed by atoms with Crippen LogP contribution in [0.15, 0.2) is 65.8 Å². The van der Waals surface area contributed by atoms with Gasteiger partial charge in [-0.15, -0.1) is 0 Å².